The number of imidazole rings is 2. The first kappa shape index (κ1) is 49.4. The normalized spacial score (nSPS) is 34.2. The van der Waals surface area contributed by atoms with Crippen LogP contribution in [-0.4, -0.2) is 101 Å². The van der Waals surface area contributed by atoms with Gasteiger partial charge in [-0.1, -0.05) is 38.5 Å². The van der Waals surface area contributed by atoms with Crippen LogP contribution in [0.4, 0.5) is 38.5 Å². The van der Waals surface area contributed by atoms with E-state index in [2.05, 4.69) is 20.6 Å². The molecular formula is C59H66F4N10O6. The van der Waals surface area contributed by atoms with Crippen molar-refractivity contribution in [2.24, 2.45) is 23.7 Å². The number of carboxylic acid groups (broad SMARTS) is 2. The number of halogens is 4. The van der Waals surface area contributed by atoms with Gasteiger partial charge in [0, 0.05) is 42.0 Å². The first-order chi connectivity index (χ1) is 38.2. The molecule has 15 rings (SSSR count). The lowest BCUT2D eigenvalue weighted by atomic mass is 9.76. The molecule has 4 saturated carbocycles. The van der Waals surface area contributed by atoms with Gasteiger partial charge in [0.25, 0.3) is 11.8 Å². The van der Waals surface area contributed by atoms with Crippen molar-refractivity contribution in [2.75, 3.05) is 22.9 Å². The van der Waals surface area contributed by atoms with Crippen molar-refractivity contribution in [3.05, 3.63) is 82.4 Å². The molecule has 16 nitrogen and oxygen atoms in total. The number of aromatic nitrogens is 4. The van der Waals surface area contributed by atoms with Gasteiger partial charge in [0.05, 0.1) is 45.2 Å². The van der Waals surface area contributed by atoms with Crippen LogP contribution in [0, 0.1) is 46.9 Å². The van der Waals surface area contributed by atoms with Crippen molar-refractivity contribution in [3.63, 3.8) is 0 Å². The average molecular weight is 1090 g/mol. The molecule has 79 heavy (non-hydrogen) atoms. The zero-order valence-corrected chi connectivity index (χ0v) is 44.1. The van der Waals surface area contributed by atoms with Gasteiger partial charge in [0.1, 0.15) is 29.0 Å². The molecule has 416 valence electrons. The molecule has 6 aliphatic heterocycles. The van der Waals surface area contributed by atoms with E-state index in [1.807, 2.05) is 4.90 Å². The number of nitrogens with zero attached hydrogens (tertiary/aromatic N) is 6. The molecule has 4 amide bonds. The molecule has 5 unspecified atom stereocenters. The summed E-state index contributed by atoms with van der Waals surface area (Å²) in [5.74, 6) is -5.09. The lowest BCUT2D eigenvalue weighted by molar-refractivity contribution is -0.151. The van der Waals surface area contributed by atoms with Gasteiger partial charge in [-0.3, -0.25) is 9.59 Å². The van der Waals surface area contributed by atoms with Gasteiger partial charge in [-0.05, 0) is 156 Å². The molecule has 6 bridgehead atoms. The fourth-order valence-electron chi connectivity index (χ4n) is 19.1. The van der Waals surface area contributed by atoms with E-state index in [4.69, 9.17) is 9.97 Å². The van der Waals surface area contributed by atoms with E-state index in [9.17, 15) is 19.8 Å². The Balaban J connectivity index is 0.941. The van der Waals surface area contributed by atoms with E-state index in [1.54, 1.807) is 26.8 Å². The molecule has 8 fully saturated rings. The predicted octanol–water partition coefficient (Wildman–Crippen LogP) is 10.2. The number of hydrogen-bond acceptors (Lipinski definition) is 8. The minimum atomic E-state index is -1.91. The molecule has 10 atom stereocenters. The van der Waals surface area contributed by atoms with Crippen LogP contribution in [0.5, 0.6) is 0 Å². The Hall–Kier alpha value is -6.60. The number of piperidine rings is 1. The van der Waals surface area contributed by atoms with Gasteiger partial charge in [0.15, 0.2) is 22.7 Å². The van der Waals surface area contributed by atoms with Gasteiger partial charge in [0.2, 0.25) is 0 Å². The molecule has 20 heteroatoms. The monoisotopic (exact) mass is 1090 g/mol. The SMILES string of the molecule is O=C(O)NC1(C2CCCC2)C(=O)N2C([C@H]3CC[C@@H](C4C[C@@H]5CCC[C@@]56c5cc7nc([nH]c7cc5F)[C@@](NC(=O)O)(C5CCCC5)C(=O)N46)N3c3cc(F)c(N4CCCCC4)c(F)c3)CC3CCCC32c2cc3nc1[nH]c3cc2F. The van der Waals surface area contributed by atoms with Crippen LogP contribution in [0.3, 0.4) is 0 Å². The molecule has 2 aromatic heterocycles. The minimum Gasteiger partial charge on any atom is -0.465 e. The Morgan fingerprint density at radius 3 is 1.39 bits per heavy atom. The molecule has 5 aromatic rings. The summed E-state index contributed by atoms with van der Waals surface area (Å²) in [5, 5.41) is 27.3. The fourth-order valence-corrected chi connectivity index (χ4v) is 19.1. The lowest BCUT2D eigenvalue weighted by Crippen LogP contribution is -2.68. The summed E-state index contributed by atoms with van der Waals surface area (Å²) < 4.78 is 69.4. The minimum absolute atomic E-state index is 0.0956. The van der Waals surface area contributed by atoms with Crippen LogP contribution >= 0.6 is 0 Å². The molecule has 0 radical (unpaired) electrons. The van der Waals surface area contributed by atoms with E-state index in [1.165, 1.54) is 24.3 Å². The Morgan fingerprint density at radius 2 is 0.962 bits per heavy atom. The van der Waals surface area contributed by atoms with Crippen LogP contribution in [0.25, 0.3) is 22.1 Å². The van der Waals surface area contributed by atoms with Crippen LogP contribution in [0.15, 0.2) is 36.4 Å². The molecule has 8 heterocycles. The number of hydrogen-bond donors (Lipinski definition) is 6. The number of anilines is 2. The second kappa shape index (κ2) is 17.5. The summed E-state index contributed by atoms with van der Waals surface area (Å²) in [6.07, 6.45) is 9.52. The largest absolute Gasteiger partial charge is 0.465 e. The van der Waals surface area contributed by atoms with E-state index < -0.39 is 105 Å². The third-order valence-corrected chi connectivity index (χ3v) is 22.0. The van der Waals surface area contributed by atoms with Crippen molar-refractivity contribution >= 4 is 57.4 Å². The van der Waals surface area contributed by atoms with Gasteiger partial charge >= 0.3 is 12.2 Å². The smallest absolute Gasteiger partial charge is 0.405 e. The van der Waals surface area contributed by atoms with Gasteiger partial charge in [-0.2, -0.15) is 0 Å². The highest BCUT2D eigenvalue weighted by Crippen LogP contribution is 2.64. The van der Waals surface area contributed by atoms with Crippen LogP contribution in [-0.2, 0) is 31.7 Å². The summed E-state index contributed by atoms with van der Waals surface area (Å²) in [5.41, 5.74) is -4.11. The molecule has 6 N–H and O–H groups in total. The van der Waals surface area contributed by atoms with Crippen molar-refractivity contribution < 1.29 is 47.0 Å². The summed E-state index contributed by atoms with van der Waals surface area (Å²) in [6.45, 7) is 0.957. The Labute approximate surface area is 453 Å². The number of carbonyl (C=O) groups is 4. The second-order valence-electron chi connectivity index (χ2n) is 25.2. The predicted molar refractivity (Wildman–Crippen MR) is 282 cm³/mol. The number of fused-ring (bicyclic) bond motifs is 4. The number of H-pyrrole nitrogens is 2. The number of rotatable bonds is 8. The van der Waals surface area contributed by atoms with Gasteiger partial charge in [-0.25, -0.2) is 37.1 Å². The summed E-state index contributed by atoms with van der Waals surface area (Å²) in [7, 11) is 0. The topological polar surface area (TPSA) is 203 Å². The van der Waals surface area contributed by atoms with Crippen molar-refractivity contribution in [3.8, 4) is 0 Å². The molecule has 10 aliphatic rings. The van der Waals surface area contributed by atoms with Crippen LogP contribution < -0.4 is 20.4 Å². The molecular weight excluding hydrogens is 1020 g/mol. The Kier molecular flexibility index (Phi) is 10.9. The standard InChI is InChI=1S/C59H66F4N10O6/c60-37-28-43-41-26-35(37)56-18-8-14-32(56)22-47(72(56)52(74)58(68-54(76)77,50(64-41)66-43)30-10-2-3-11-30)45-16-17-46(71(45)34-24-39(62)49(40(63)25-34)70-20-6-1-7-21-70)48-23-33-15-9-19-57(33)36-27-42-44(29-38(36)61)67-51(65-42)59(69-55(78)79,53(75)73(48)57)31-12-4-5-13-31/h24-33,45-48,68-69H,1-23H2,(H,64,66)(H,65,67)(H,76,77)(H,78,79)/t32-,33?,45-,46+,47?,48?,56-,57?,58-,59?/m0/s1. The number of nitrogens with one attached hydrogen (secondary N) is 4. The quantitative estimate of drug-likeness (QED) is 0.0812. The van der Waals surface area contributed by atoms with Crippen molar-refractivity contribution in [2.45, 2.75) is 181 Å². The van der Waals surface area contributed by atoms with E-state index in [-0.39, 0.29) is 34.9 Å². The van der Waals surface area contributed by atoms with Gasteiger partial charge in [-0.15, -0.1) is 0 Å². The summed E-state index contributed by atoms with van der Waals surface area (Å²) in [6, 6.07) is 5.96. The second-order valence-corrected chi connectivity index (χ2v) is 25.2. The number of amides is 4. The lowest BCUT2D eigenvalue weighted by Gasteiger charge is -2.51. The Morgan fingerprint density at radius 1 is 0.532 bits per heavy atom. The highest BCUT2D eigenvalue weighted by atomic mass is 19.1. The summed E-state index contributed by atoms with van der Waals surface area (Å²) >= 11 is 0. The number of aromatic amines is 2. The maximum Gasteiger partial charge on any atom is 0.405 e. The van der Waals surface area contributed by atoms with Crippen LogP contribution in [0.2, 0.25) is 0 Å². The van der Waals surface area contributed by atoms with E-state index in [0.29, 0.717) is 136 Å². The highest BCUT2D eigenvalue weighted by molar-refractivity contribution is 5.95. The highest BCUT2D eigenvalue weighted by Gasteiger charge is 2.70. The van der Waals surface area contributed by atoms with Gasteiger partial charge < -0.3 is 50.4 Å². The number of carbonyl (C=O) groups excluding carboxylic acids is 2. The van der Waals surface area contributed by atoms with E-state index >= 15 is 27.2 Å². The van der Waals surface area contributed by atoms with Crippen LogP contribution in [0.1, 0.15) is 158 Å². The first-order valence-corrected chi connectivity index (χ1v) is 29.3. The molecule has 4 saturated heterocycles. The van der Waals surface area contributed by atoms with E-state index in [0.717, 1.165) is 44.9 Å². The zero-order chi connectivity index (χ0) is 54.1. The maximum atomic E-state index is 17.4. The average Bonchev–Trinajstić information content (AvgIpc) is 2.95. The summed E-state index contributed by atoms with van der Waals surface area (Å²) in [4.78, 5) is 84.2. The fraction of sp³-hybridized carbons (Fsp3) is 0.593. The Bertz CT molecular complexity index is 3200. The molecule has 2 spiro atoms. The van der Waals surface area contributed by atoms with Crippen molar-refractivity contribution in [1.82, 2.24) is 40.4 Å². The number of benzene rings is 3. The molecule has 4 aliphatic carbocycles. The maximum absolute atomic E-state index is 17.4. The molecule has 3 aromatic carbocycles. The van der Waals surface area contributed by atoms with Crippen molar-refractivity contribution in [1.29, 1.82) is 0 Å². The first-order valence-electron chi connectivity index (χ1n) is 29.3. The zero-order valence-electron chi connectivity index (χ0n) is 44.1. The third kappa shape index (κ3) is 6.59. The third-order valence-electron chi connectivity index (χ3n) is 22.0.